The molecule has 0 aromatic heterocycles. The number of ether oxygens (including phenoxy) is 1. The molecule has 0 aromatic rings. The Labute approximate surface area is 116 Å². The van der Waals surface area contributed by atoms with Gasteiger partial charge in [-0.05, 0) is 33.1 Å². The molecule has 0 saturated carbocycles. The predicted octanol–water partition coefficient (Wildman–Crippen LogP) is 0.765. The van der Waals surface area contributed by atoms with Crippen LogP contribution >= 0.6 is 0 Å². The van der Waals surface area contributed by atoms with E-state index in [-0.39, 0.29) is 12.0 Å². The van der Waals surface area contributed by atoms with E-state index in [4.69, 9.17) is 4.74 Å². The van der Waals surface area contributed by atoms with Gasteiger partial charge in [-0.15, -0.1) is 0 Å². The number of piperidine rings is 1. The summed E-state index contributed by atoms with van der Waals surface area (Å²) in [5.41, 5.74) is 0. The summed E-state index contributed by atoms with van der Waals surface area (Å²) in [5, 5.41) is 12.7. The molecule has 0 aromatic carbocycles. The fourth-order valence-electron chi connectivity index (χ4n) is 2.13. The Hall–Kier alpha value is -0.650. The van der Waals surface area contributed by atoms with Crippen LogP contribution in [0.5, 0.6) is 0 Å². The number of carbonyl (C=O) groups excluding carboxylic acids is 1. The van der Waals surface area contributed by atoms with Crippen molar-refractivity contribution in [2.24, 2.45) is 0 Å². The van der Waals surface area contributed by atoms with Gasteiger partial charge in [0.2, 0.25) is 5.91 Å². The van der Waals surface area contributed by atoms with Crippen LogP contribution in [0.2, 0.25) is 0 Å². The smallest absolute Gasteiger partial charge is 0.223 e. The lowest BCUT2D eigenvalue weighted by Gasteiger charge is -2.26. The third-order valence-corrected chi connectivity index (χ3v) is 3.23. The van der Waals surface area contributed by atoms with E-state index in [1.54, 1.807) is 0 Å². The molecule has 1 aliphatic rings. The number of hydrogen-bond donors (Lipinski definition) is 2. The minimum atomic E-state index is -0.507. The number of likely N-dealkylation sites (tertiary alicyclic amines) is 1. The number of carbonyl (C=O) groups is 1. The number of nitrogens with zero attached hydrogens (tertiary/aromatic N) is 1. The van der Waals surface area contributed by atoms with Crippen LogP contribution in [0.25, 0.3) is 0 Å². The van der Waals surface area contributed by atoms with Crippen molar-refractivity contribution in [3.63, 3.8) is 0 Å². The Kier molecular flexibility index (Phi) is 8.02. The number of hydrogen-bond acceptors (Lipinski definition) is 4. The number of aliphatic hydroxyl groups excluding tert-OH is 1. The van der Waals surface area contributed by atoms with Crippen molar-refractivity contribution < 1.29 is 14.6 Å². The first-order chi connectivity index (χ1) is 9.09. The van der Waals surface area contributed by atoms with Crippen molar-refractivity contribution in [1.82, 2.24) is 10.2 Å². The maximum atomic E-state index is 11.9. The van der Waals surface area contributed by atoms with Gasteiger partial charge in [0.05, 0.1) is 18.8 Å². The molecule has 1 amide bonds. The van der Waals surface area contributed by atoms with E-state index in [0.29, 0.717) is 26.1 Å². The highest BCUT2D eigenvalue weighted by Gasteiger charge is 2.15. The first kappa shape index (κ1) is 16.4. The number of amides is 1. The highest BCUT2D eigenvalue weighted by atomic mass is 16.5. The first-order valence-electron chi connectivity index (χ1n) is 7.37. The summed E-state index contributed by atoms with van der Waals surface area (Å²) in [6.07, 6.45) is 3.64. The van der Waals surface area contributed by atoms with E-state index in [1.807, 2.05) is 18.7 Å². The molecule has 0 spiro atoms. The fourth-order valence-corrected chi connectivity index (χ4v) is 2.13. The molecule has 5 nitrogen and oxygen atoms in total. The van der Waals surface area contributed by atoms with Crippen LogP contribution in [0.15, 0.2) is 0 Å². The Balaban J connectivity index is 2.01. The average Bonchev–Trinajstić information content (AvgIpc) is 2.42. The van der Waals surface area contributed by atoms with Gasteiger partial charge in [-0.25, -0.2) is 0 Å². The second-order valence-corrected chi connectivity index (χ2v) is 5.43. The molecule has 1 rings (SSSR count). The van der Waals surface area contributed by atoms with Crippen molar-refractivity contribution in [1.29, 1.82) is 0 Å². The Bertz CT molecular complexity index is 253. The molecule has 1 saturated heterocycles. The monoisotopic (exact) mass is 272 g/mol. The summed E-state index contributed by atoms with van der Waals surface area (Å²) < 4.78 is 5.31. The van der Waals surface area contributed by atoms with Crippen molar-refractivity contribution >= 4 is 5.91 Å². The molecule has 5 heteroatoms. The van der Waals surface area contributed by atoms with Gasteiger partial charge in [-0.3, -0.25) is 4.79 Å². The zero-order chi connectivity index (χ0) is 14.1. The first-order valence-corrected chi connectivity index (χ1v) is 7.37. The highest BCUT2D eigenvalue weighted by Crippen LogP contribution is 2.09. The normalized spacial score (nSPS) is 17.8. The summed E-state index contributed by atoms with van der Waals surface area (Å²) in [6.45, 7) is 7.13. The maximum absolute atomic E-state index is 11.9. The average molecular weight is 272 g/mol. The van der Waals surface area contributed by atoms with Crippen LogP contribution in [0, 0.1) is 0 Å². The lowest BCUT2D eigenvalue weighted by atomic mass is 10.1. The van der Waals surface area contributed by atoms with E-state index in [9.17, 15) is 9.90 Å². The van der Waals surface area contributed by atoms with Crippen LogP contribution in [-0.4, -0.2) is 60.9 Å². The number of nitrogens with one attached hydrogen (secondary N) is 1. The molecule has 1 aliphatic heterocycles. The topological polar surface area (TPSA) is 61.8 Å². The SMILES string of the molecule is CC(C)OCC(O)CNCCC(=O)N1CCCCC1. The Morgan fingerprint density at radius 1 is 1.32 bits per heavy atom. The van der Waals surface area contributed by atoms with Crippen molar-refractivity contribution in [2.45, 2.75) is 51.7 Å². The largest absolute Gasteiger partial charge is 0.389 e. The van der Waals surface area contributed by atoms with Gasteiger partial charge in [0.1, 0.15) is 0 Å². The van der Waals surface area contributed by atoms with Crippen LogP contribution in [0.3, 0.4) is 0 Å². The van der Waals surface area contributed by atoms with Gasteiger partial charge >= 0.3 is 0 Å². The standard InChI is InChI=1S/C14H28N2O3/c1-12(2)19-11-13(17)10-15-7-6-14(18)16-8-4-3-5-9-16/h12-13,15,17H,3-11H2,1-2H3. The summed E-state index contributed by atoms with van der Waals surface area (Å²) in [5.74, 6) is 0.222. The molecule has 19 heavy (non-hydrogen) atoms. The molecular formula is C14H28N2O3. The number of rotatable bonds is 8. The lowest BCUT2D eigenvalue weighted by molar-refractivity contribution is -0.132. The lowest BCUT2D eigenvalue weighted by Crippen LogP contribution is -2.38. The molecule has 0 radical (unpaired) electrons. The third-order valence-electron chi connectivity index (χ3n) is 3.23. The second kappa shape index (κ2) is 9.28. The molecule has 1 unspecified atom stereocenters. The highest BCUT2D eigenvalue weighted by molar-refractivity contribution is 5.76. The fraction of sp³-hybridized carbons (Fsp3) is 0.929. The summed E-state index contributed by atoms with van der Waals surface area (Å²) in [4.78, 5) is 13.8. The van der Waals surface area contributed by atoms with Crippen molar-refractivity contribution in [3.05, 3.63) is 0 Å². The van der Waals surface area contributed by atoms with Gasteiger partial charge in [0.25, 0.3) is 0 Å². The Morgan fingerprint density at radius 2 is 2.00 bits per heavy atom. The molecule has 0 aliphatic carbocycles. The van der Waals surface area contributed by atoms with E-state index in [1.165, 1.54) is 6.42 Å². The molecule has 2 N–H and O–H groups in total. The van der Waals surface area contributed by atoms with Crippen LogP contribution < -0.4 is 5.32 Å². The van der Waals surface area contributed by atoms with E-state index in [2.05, 4.69) is 5.32 Å². The summed E-state index contributed by atoms with van der Waals surface area (Å²) in [6, 6.07) is 0. The van der Waals surface area contributed by atoms with Gasteiger partial charge in [-0.2, -0.15) is 0 Å². The van der Waals surface area contributed by atoms with Crippen molar-refractivity contribution in [3.8, 4) is 0 Å². The quantitative estimate of drug-likeness (QED) is 0.641. The summed E-state index contributed by atoms with van der Waals surface area (Å²) in [7, 11) is 0. The second-order valence-electron chi connectivity index (χ2n) is 5.43. The molecule has 1 atom stereocenters. The zero-order valence-electron chi connectivity index (χ0n) is 12.2. The number of aliphatic hydroxyl groups is 1. The maximum Gasteiger partial charge on any atom is 0.223 e. The molecule has 1 fully saturated rings. The summed E-state index contributed by atoms with van der Waals surface area (Å²) >= 11 is 0. The van der Waals surface area contributed by atoms with Gasteiger partial charge in [0, 0.05) is 32.6 Å². The van der Waals surface area contributed by atoms with Gasteiger partial charge < -0.3 is 20.1 Å². The van der Waals surface area contributed by atoms with Gasteiger partial charge in [-0.1, -0.05) is 0 Å². The van der Waals surface area contributed by atoms with E-state index < -0.39 is 6.10 Å². The minimum absolute atomic E-state index is 0.135. The molecular weight excluding hydrogens is 244 g/mol. The van der Waals surface area contributed by atoms with E-state index in [0.717, 1.165) is 25.9 Å². The van der Waals surface area contributed by atoms with Crippen LogP contribution in [0.4, 0.5) is 0 Å². The minimum Gasteiger partial charge on any atom is -0.389 e. The van der Waals surface area contributed by atoms with Gasteiger partial charge in [0.15, 0.2) is 0 Å². The van der Waals surface area contributed by atoms with Crippen LogP contribution in [-0.2, 0) is 9.53 Å². The predicted molar refractivity (Wildman–Crippen MR) is 75.0 cm³/mol. The van der Waals surface area contributed by atoms with Crippen molar-refractivity contribution in [2.75, 3.05) is 32.8 Å². The molecule has 1 heterocycles. The Morgan fingerprint density at radius 3 is 2.63 bits per heavy atom. The molecule has 112 valence electrons. The molecule has 0 bridgehead atoms. The van der Waals surface area contributed by atoms with Crippen LogP contribution in [0.1, 0.15) is 39.5 Å². The third kappa shape index (κ3) is 7.50. The zero-order valence-corrected chi connectivity index (χ0v) is 12.2. The van der Waals surface area contributed by atoms with E-state index >= 15 is 0 Å².